The molecule has 0 spiro atoms. The summed E-state index contributed by atoms with van der Waals surface area (Å²) in [6.07, 6.45) is 3.89. The average Bonchev–Trinajstić information content (AvgIpc) is 2.92. The van der Waals surface area contributed by atoms with Crippen LogP contribution in [0.5, 0.6) is 0 Å². The molecular weight excluding hydrogens is 252 g/mol. The lowest BCUT2D eigenvalue weighted by Crippen LogP contribution is -2.36. The van der Waals surface area contributed by atoms with E-state index in [0.29, 0.717) is 18.5 Å². The predicted molar refractivity (Wildman–Crippen MR) is 74.7 cm³/mol. The highest BCUT2D eigenvalue weighted by Crippen LogP contribution is 2.04. The van der Waals surface area contributed by atoms with Gasteiger partial charge in [0.15, 0.2) is 0 Å². The minimum absolute atomic E-state index is 0.0146. The number of carbonyl (C=O) groups excluding carboxylic acids is 1. The van der Waals surface area contributed by atoms with E-state index in [0.717, 1.165) is 5.56 Å². The first kappa shape index (κ1) is 13.8. The highest BCUT2D eigenvalue weighted by Gasteiger charge is 2.09. The van der Waals surface area contributed by atoms with Gasteiger partial charge in [0.1, 0.15) is 0 Å². The first-order valence-corrected chi connectivity index (χ1v) is 6.43. The van der Waals surface area contributed by atoms with Crippen molar-refractivity contribution in [3.8, 4) is 6.07 Å². The highest BCUT2D eigenvalue weighted by molar-refractivity contribution is 5.78. The van der Waals surface area contributed by atoms with Gasteiger partial charge in [-0.2, -0.15) is 10.4 Å². The summed E-state index contributed by atoms with van der Waals surface area (Å²) in [5.74, 6) is -0.0330. The van der Waals surface area contributed by atoms with E-state index in [-0.39, 0.29) is 11.9 Å². The van der Waals surface area contributed by atoms with Crippen molar-refractivity contribution in [1.82, 2.24) is 15.1 Å². The Balaban J connectivity index is 1.83. The molecule has 1 N–H and O–H groups in total. The molecule has 0 saturated heterocycles. The summed E-state index contributed by atoms with van der Waals surface area (Å²) in [6.45, 7) is 2.59. The molecule has 2 rings (SSSR count). The number of nitrogens with zero attached hydrogens (tertiary/aromatic N) is 3. The molecule has 0 aliphatic heterocycles. The number of amides is 1. The van der Waals surface area contributed by atoms with E-state index >= 15 is 0 Å². The molecule has 0 saturated carbocycles. The SMILES string of the molecule is CC(Cn1cccn1)NC(=O)Cc1ccc(C#N)cc1. The Morgan fingerprint density at radius 3 is 2.80 bits per heavy atom. The van der Waals surface area contributed by atoms with Gasteiger partial charge in [-0.3, -0.25) is 9.48 Å². The number of hydrogen-bond acceptors (Lipinski definition) is 3. The second-order valence-electron chi connectivity index (χ2n) is 4.68. The first-order chi connectivity index (χ1) is 9.67. The van der Waals surface area contributed by atoms with Gasteiger partial charge in [0.05, 0.1) is 24.6 Å². The fourth-order valence-corrected chi connectivity index (χ4v) is 1.94. The summed E-state index contributed by atoms with van der Waals surface area (Å²) in [7, 11) is 0. The van der Waals surface area contributed by atoms with Gasteiger partial charge < -0.3 is 5.32 Å². The zero-order valence-electron chi connectivity index (χ0n) is 11.3. The quantitative estimate of drug-likeness (QED) is 0.893. The number of rotatable bonds is 5. The minimum atomic E-state index is -0.0330. The molecule has 0 bridgehead atoms. The normalized spacial score (nSPS) is 11.6. The molecule has 0 radical (unpaired) electrons. The second kappa shape index (κ2) is 6.53. The van der Waals surface area contributed by atoms with Crippen molar-refractivity contribution in [2.75, 3.05) is 0 Å². The lowest BCUT2D eigenvalue weighted by atomic mass is 10.1. The summed E-state index contributed by atoms with van der Waals surface area (Å²) in [6, 6.07) is 11.0. The van der Waals surface area contributed by atoms with Gasteiger partial charge in [-0.25, -0.2) is 0 Å². The van der Waals surface area contributed by atoms with Crippen LogP contribution in [-0.2, 0) is 17.8 Å². The molecule has 2 aromatic rings. The smallest absolute Gasteiger partial charge is 0.224 e. The molecular formula is C15H16N4O. The number of carbonyl (C=O) groups is 1. The van der Waals surface area contributed by atoms with Crippen LogP contribution in [0.15, 0.2) is 42.7 Å². The van der Waals surface area contributed by atoms with Gasteiger partial charge in [-0.05, 0) is 30.7 Å². The molecule has 0 aliphatic rings. The van der Waals surface area contributed by atoms with Gasteiger partial charge in [0.2, 0.25) is 5.91 Å². The van der Waals surface area contributed by atoms with Crippen molar-refractivity contribution >= 4 is 5.91 Å². The van der Waals surface area contributed by atoms with Crippen LogP contribution in [0.1, 0.15) is 18.1 Å². The predicted octanol–water partition coefficient (Wildman–Crippen LogP) is 1.50. The molecule has 1 aromatic carbocycles. The van der Waals surface area contributed by atoms with Crippen LogP contribution < -0.4 is 5.32 Å². The summed E-state index contributed by atoms with van der Waals surface area (Å²) in [5, 5.41) is 15.7. The molecule has 5 nitrogen and oxygen atoms in total. The number of aromatic nitrogens is 2. The fourth-order valence-electron chi connectivity index (χ4n) is 1.94. The minimum Gasteiger partial charge on any atom is -0.351 e. The second-order valence-corrected chi connectivity index (χ2v) is 4.68. The Morgan fingerprint density at radius 2 is 2.20 bits per heavy atom. The highest BCUT2D eigenvalue weighted by atomic mass is 16.1. The molecule has 0 fully saturated rings. The standard InChI is InChI=1S/C15H16N4O/c1-12(11-19-8-2-7-17-19)18-15(20)9-13-3-5-14(10-16)6-4-13/h2-8,12H,9,11H2,1H3,(H,18,20). The van der Waals surface area contributed by atoms with Crippen LogP contribution in [-0.4, -0.2) is 21.7 Å². The first-order valence-electron chi connectivity index (χ1n) is 6.43. The van der Waals surface area contributed by atoms with E-state index in [1.54, 1.807) is 35.1 Å². The van der Waals surface area contributed by atoms with E-state index < -0.39 is 0 Å². The Labute approximate surface area is 117 Å². The van der Waals surface area contributed by atoms with Crippen LogP contribution in [0.2, 0.25) is 0 Å². The maximum absolute atomic E-state index is 11.9. The van der Waals surface area contributed by atoms with Gasteiger partial charge >= 0.3 is 0 Å². The van der Waals surface area contributed by atoms with E-state index in [2.05, 4.69) is 16.5 Å². The number of nitriles is 1. The Hall–Kier alpha value is -2.61. The van der Waals surface area contributed by atoms with E-state index in [4.69, 9.17) is 5.26 Å². The average molecular weight is 268 g/mol. The zero-order valence-corrected chi connectivity index (χ0v) is 11.3. The number of nitrogens with one attached hydrogen (secondary N) is 1. The van der Waals surface area contributed by atoms with Gasteiger partial charge in [-0.15, -0.1) is 0 Å². The van der Waals surface area contributed by atoms with E-state index in [9.17, 15) is 4.79 Å². The molecule has 1 heterocycles. The van der Waals surface area contributed by atoms with Crippen LogP contribution in [0.4, 0.5) is 0 Å². The summed E-state index contributed by atoms with van der Waals surface area (Å²) in [5.41, 5.74) is 1.49. The molecule has 1 atom stereocenters. The topological polar surface area (TPSA) is 70.7 Å². The maximum Gasteiger partial charge on any atom is 0.224 e. The van der Waals surface area contributed by atoms with Crippen molar-refractivity contribution in [2.45, 2.75) is 25.9 Å². The van der Waals surface area contributed by atoms with E-state index in [1.165, 1.54) is 0 Å². The molecule has 20 heavy (non-hydrogen) atoms. The third kappa shape index (κ3) is 3.95. The molecule has 0 aliphatic carbocycles. The van der Waals surface area contributed by atoms with Crippen molar-refractivity contribution in [2.24, 2.45) is 0 Å². The fraction of sp³-hybridized carbons (Fsp3) is 0.267. The molecule has 102 valence electrons. The van der Waals surface area contributed by atoms with Crippen molar-refractivity contribution in [3.05, 3.63) is 53.9 Å². The molecule has 1 unspecified atom stereocenters. The Kier molecular flexibility index (Phi) is 4.51. The summed E-state index contributed by atoms with van der Waals surface area (Å²) < 4.78 is 1.78. The van der Waals surface area contributed by atoms with Crippen LogP contribution in [0, 0.1) is 11.3 Å². The van der Waals surface area contributed by atoms with Gasteiger partial charge in [0, 0.05) is 18.4 Å². The zero-order chi connectivity index (χ0) is 14.4. The number of benzene rings is 1. The summed E-state index contributed by atoms with van der Waals surface area (Å²) in [4.78, 5) is 11.9. The molecule has 5 heteroatoms. The van der Waals surface area contributed by atoms with E-state index in [1.807, 2.05) is 19.2 Å². The molecule has 1 aromatic heterocycles. The lowest BCUT2D eigenvalue weighted by molar-refractivity contribution is -0.121. The van der Waals surface area contributed by atoms with Crippen molar-refractivity contribution in [1.29, 1.82) is 5.26 Å². The van der Waals surface area contributed by atoms with Gasteiger partial charge in [-0.1, -0.05) is 12.1 Å². The summed E-state index contributed by atoms with van der Waals surface area (Å²) >= 11 is 0. The van der Waals surface area contributed by atoms with Crippen LogP contribution in [0.25, 0.3) is 0 Å². The molecule has 1 amide bonds. The Bertz CT molecular complexity index is 596. The van der Waals surface area contributed by atoms with Crippen molar-refractivity contribution in [3.63, 3.8) is 0 Å². The third-order valence-electron chi connectivity index (χ3n) is 2.88. The van der Waals surface area contributed by atoms with Gasteiger partial charge in [0.25, 0.3) is 0 Å². The van der Waals surface area contributed by atoms with Crippen molar-refractivity contribution < 1.29 is 4.79 Å². The number of hydrogen-bond donors (Lipinski definition) is 1. The third-order valence-corrected chi connectivity index (χ3v) is 2.88. The monoisotopic (exact) mass is 268 g/mol. The lowest BCUT2D eigenvalue weighted by Gasteiger charge is -2.14. The largest absolute Gasteiger partial charge is 0.351 e. The van der Waals surface area contributed by atoms with Crippen LogP contribution >= 0.6 is 0 Å². The maximum atomic E-state index is 11.9. The van der Waals surface area contributed by atoms with Crippen LogP contribution in [0.3, 0.4) is 0 Å². The Morgan fingerprint density at radius 1 is 1.45 bits per heavy atom.